The molecule has 2 heteroatoms. The third-order valence-corrected chi connectivity index (χ3v) is 6.56. The SMILES string of the molecule is Fc1ccc(/C=C/c2ccc3c(ccc4c5ccc(/C=C/c6ccc(F)cc6)cc5ccc34)c2)cc1. The molecule has 0 aromatic heterocycles. The first-order valence-corrected chi connectivity index (χ1v) is 11.9. The van der Waals surface area contributed by atoms with Crippen LogP contribution in [-0.4, -0.2) is 0 Å². The van der Waals surface area contributed by atoms with Gasteiger partial charge in [-0.25, -0.2) is 8.78 Å². The summed E-state index contributed by atoms with van der Waals surface area (Å²) in [6, 6.07) is 34.7. The van der Waals surface area contributed by atoms with E-state index in [1.165, 1.54) is 56.6 Å². The van der Waals surface area contributed by atoms with E-state index < -0.39 is 0 Å². The van der Waals surface area contributed by atoms with Crippen LogP contribution in [0.15, 0.2) is 109 Å². The molecule has 172 valence electrons. The van der Waals surface area contributed by atoms with Crippen molar-refractivity contribution in [3.05, 3.63) is 143 Å². The molecule has 36 heavy (non-hydrogen) atoms. The summed E-state index contributed by atoms with van der Waals surface area (Å²) in [7, 11) is 0. The Bertz CT molecular complexity index is 1640. The molecule has 0 saturated heterocycles. The van der Waals surface area contributed by atoms with E-state index in [9.17, 15) is 8.78 Å². The van der Waals surface area contributed by atoms with Gasteiger partial charge in [0, 0.05) is 0 Å². The lowest BCUT2D eigenvalue weighted by molar-refractivity contribution is 0.627. The molecule has 0 aliphatic carbocycles. The number of hydrogen-bond acceptors (Lipinski definition) is 0. The van der Waals surface area contributed by atoms with Crippen LogP contribution in [0.25, 0.3) is 56.6 Å². The Balaban J connectivity index is 1.33. The first-order valence-electron chi connectivity index (χ1n) is 11.9. The normalized spacial score (nSPS) is 11.9. The van der Waals surface area contributed by atoms with E-state index in [1.807, 2.05) is 12.2 Å². The Labute approximate surface area is 208 Å². The molecule has 0 spiro atoms. The van der Waals surface area contributed by atoms with Gasteiger partial charge in [-0.05, 0) is 91.0 Å². The molecule has 0 N–H and O–H groups in total. The second kappa shape index (κ2) is 9.24. The molecular formula is C34H22F2. The van der Waals surface area contributed by atoms with Gasteiger partial charge in [-0.3, -0.25) is 0 Å². The van der Waals surface area contributed by atoms with Crippen LogP contribution in [0.4, 0.5) is 8.78 Å². The summed E-state index contributed by atoms with van der Waals surface area (Å²) in [4.78, 5) is 0. The minimum atomic E-state index is -0.227. The van der Waals surface area contributed by atoms with Gasteiger partial charge in [-0.2, -0.15) is 0 Å². The summed E-state index contributed by atoms with van der Waals surface area (Å²) in [6.45, 7) is 0. The maximum absolute atomic E-state index is 13.1. The standard InChI is InChI=1S/C34H22F2/c35-29-13-5-23(6-14-29)1-3-25-9-17-31-27(21-25)11-19-34-32-18-10-26(22-28(32)12-20-33(31)34)4-2-24-7-15-30(36)16-8-24/h1-22H/b3-1+,4-2+. The molecule has 6 rings (SSSR count). The Kier molecular flexibility index (Phi) is 5.63. The lowest BCUT2D eigenvalue weighted by Crippen LogP contribution is -1.83. The maximum Gasteiger partial charge on any atom is 0.123 e. The van der Waals surface area contributed by atoms with Crippen molar-refractivity contribution in [2.24, 2.45) is 0 Å². The molecule has 0 heterocycles. The summed E-state index contributed by atoms with van der Waals surface area (Å²) in [6.07, 6.45) is 8.10. The first-order chi connectivity index (χ1) is 17.6. The molecule has 0 amide bonds. The molecule has 0 saturated carbocycles. The average Bonchev–Trinajstić information content (AvgIpc) is 2.91. The van der Waals surface area contributed by atoms with E-state index in [-0.39, 0.29) is 11.6 Å². The van der Waals surface area contributed by atoms with E-state index in [0.29, 0.717) is 0 Å². The number of fused-ring (bicyclic) bond motifs is 5. The molecule has 0 aliphatic rings. The summed E-state index contributed by atoms with van der Waals surface area (Å²) in [5, 5.41) is 7.25. The lowest BCUT2D eigenvalue weighted by atomic mass is 9.95. The zero-order chi connectivity index (χ0) is 24.5. The third-order valence-electron chi connectivity index (χ3n) is 6.56. The predicted octanol–water partition coefficient (Wildman–Crippen LogP) is 9.77. The van der Waals surface area contributed by atoms with Crippen molar-refractivity contribution in [3.63, 3.8) is 0 Å². The fourth-order valence-electron chi connectivity index (χ4n) is 4.66. The minimum Gasteiger partial charge on any atom is -0.207 e. The third kappa shape index (κ3) is 4.42. The summed E-state index contributed by atoms with van der Waals surface area (Å²) in [5.41, 5.74) is 4.14. The zero-order valence-electron chi connectivity index (χ0n) is 19.5. The molecule has 0 bridgehead atoms. The van der Waals surface area contributed by atoms with Crippen LogP contribution >= 0.6 is 0 Å². The Morgan fingerprint density at radius 2 is 0.667 bits per heavy atom. The van der Waals surface area contributed by atoms with Gasteiger partial charge in [0.25, 0.3) is 0 Å². The second-order valence-corrected chi connectivity index (χ2v) is 8.96. The van der Waals surface area contributed by atoms with Crippen molar-refractivity contribution in [1.82, 2.24) is 0 Å². The molecule has 6 aromatic carbocycles. The van der Waals surface area contributed by atoms with Crippen LogP contribution in [0.5, 0.6) is 0 Å². The van der Waals surface area contributed by atoms with Crippen LogP contribution in [-0.2, 0) is 0 Å². The van der Waals surface area contributed by atoms with Gasteiger partial charge in [-0.15, -0.1) is 0 Å². The molecule has 0 aliphatic heterocycles. The Hall–Kier alpha value is -4.56. The van der Waals surface area contributed by atoms with Crippen molar-refractivity contribution in [2.45, 2.75) is 0 Å². The Morgan fingerprint density at radius 1 is 0.333 bits per heavy atom. The highest BCUT2D eigenvalue weighted by atomic mass is 19.1. The van der Waals surface area contributed by atoms with Crippen LogP contribution in [0, 0.1) is 11.6 Å². The highest BCUT2D eigenvalue weighted by molar-refractivity contribution is 6.17. The van der Waals surface area contributed by atoms with Crippen molar-refractivity contribution in [3.8, 4) is 0 Å². The van der Waals surface area contributed by atoms with Crippen molar-refractivity contribution >= 4 is 56.6 Å². The average molecular weight is 469 g/mol. The van der Waals surface area contributed by atoms with Gasteiger partial charge in [0.15, 0.2) is 0 Å². The molecular weight excluding hydrogens is 446 g/mol. The predicted molar refractivity (Wildman–Crippen MR) is 150 cm³/mol. The molecule has 0 fully saturated rings. The van der Waals surface area contributed by atoms with Gasteiger partial charge in [0.1, 0.15) is 11.6 Å². The summed E-state index contributed by atoms with van der Waals surface area (Å²) >= 11 is 0. The van der Waals surface area contributed by atoms with Crippen molar-refractivity contribution in [2.75, 3.05) is 0 Å². The summed E-state index contributed by atoms with van der Waals surface area (Å²) < 4.78 is 26.3. The first kappa shape index (κ1) is 21.9. The van der Waals surface area contributed by atoms with Crippen LogP contribution in [0.1, 0.15) is 22.3 Å². The highest BCUT2D eigenvalue weighted by Crippen LogP contribution is 2.32. The minimum absolute atomic E-state index is 0.227. The fraction of sp³-hybridized carbons (Fsp3) is 0. The monoisotopic (exact) mass is 468 g/mol. The number of benzene rings is 6. The van der Waals surface area contributed by atoms with E-state index in [0.717, 1.165) is 22.3 Å². The van der Waals surface area contributed by atoms with E-state index >= 15 is 0 Å². The molecule has 0 radical (unpaired) electrons. The van der Waals surface area contributed by atoms with E-state index in [4.69, 9.17) is 0 Å². The number of rotatable bonds is 4. The fourth-order valence-corrected chi connectivity index (χ4v) is 4.66. The smallest absolute Gasteiger partial charge is 0.123 e. The molecule has 6 aromatic rings. The van der Waals surface area contributed by atoms with Gasteiger partial charge in [-0.1, -0.05) is 97.1 Å². The van der Waals surface area contributed by atoms with Crippen LogP contribution in [0.3, 0.4) is 0 Å². The molecule has 0 unspecified atom stereocenters. The molecule has 0 atom stereocenters. The van der Waals surface area contributed by atoms with E-state index in [2.05, 4.69) is 72.8 Å². The van der Waals surface area contributed by atoms with Gasteiger partial charge in [0.2, 0.25) is 0 Å². The quantitative estimate of drug-likeness (QED) is 0.178. The topological polar surface area (TPSA) is 0 Å². The maximum atomic E-state index is 13.1. The van der Waals surface area contributed by atoms with Crippen molar-refractivity contribution < 1.29 is 8.78 Å². The number of hydrogen-bond donors (Lipinski definition) is 0. The number of halogens is 2. The summed E-state index contributed by atoms with van der Waals surface area (Å²) in [5.74, 6) is -0.454. The van der Waals surface area contributed by atoms with Crippen molar-refractivity contribution in [1.29, 1.82) is 0 Å². The van der Waals surface area contributed by atoms with E-state index in [1.54, 1.807) is 24.3 Å². The lowest BCUT2D eigenvalue weighted by Gasteiger charge is -2.09. The van der Waals surface area contributed by atoms with Crippen LogP contribution in [0.2, 0.25) is 0 Å². The zero-order valence-corrected chi connectivity index (χ0v) is 19.5. The largest absolute Gasteiger partial charge is 0.207 e. The van der Waals surface area contributed by atoms with Gasteiger partial charge in [0.05, 0.1) is 0 Å². The van der Waals surface area contributed by atoms with Crippen LogP contribution < -0.4 is 0 Å². The highest BCUT2D eigenvalue weighted by Gasteiger charge is 2.06. The van der Waals surface area contributed by atoms with Gasteiger partial charge < -0.3 is 0 Å². The van der Waals surface area contributed by atoms with Gasteiger partial charge >= 0.3 is 0 Å². The second-order valence-electron chi connectivity index (χ2n) is 8.96. The Morgan fingerprint density at radius 3 is 1.08 bits per heavy atom. The molecule has 0 nitrogen and oxygen atoms in total.